The topological polar surface area (TPSA) is 84.7 Å². The SMILES string of the molecule is CN(c1ccccc1)c1ccccc1NC(=O)COc1ccc(CC(N)=O)cc1. The fourth-order valence-electron chi connectivity index (χ4n) is 2.90. The zero-order chi connectivity index (χ0) is 20.6. The molecule has 0 aliphatic heterocycles. The summed E-state index contributed by atoms with van der Waals surface area (Å²) in [5, 5.41) is 2.90. The molecule has 0 unspecified atom stereocenters. The number of ether oxygens (including phenoxy) is 1. The smallest absolute Gasteiger partial charge is 0.262 e. The lowest BCUT2D eigenvalue weighted by atomic mass is 10.1. The molecule has 3 aromatic carbocycles. The van der Waals surface area contributed by atoms with E-state index in [4.69, 9.17) is 10.5 Å². The Morgan fingerprint density at radius 3 is 2.28 bits per heavy atom. The van der Waals surface area contributed by atoms with Gasteiger partial charge in [0, 0.05) is 12.7 Å². The summed E-state index contributed by atoms with van der Waals surface area (Å²) in [6.07, 6.45) is 0.173. The first-order chi connectivity index (χ1) is 14.0. The number of hydrogen-bond acceptors (Lipinski definition) is 4. The van der Waals surface area contributed by atoms with Crippen LogP contribution in [0.4, 0.5) is 17.1 Å². The number of carbonyl (C=O) groups is 2. The highest BCUT2D eigenvalue weighted by Gasteiger charge is 2.12. The summed E-state index contributed by atoms with van der Waals surface area (Å²) in [4.78, 5) is 25.3. The van der Waals surface area contributed by atoms with Crippen LogP contribution in [0.1, 0.15) is 5.56 Å². The molecule has 3 N–H and O–H groups in total. The number of nitrogens with two attached hydrogens (primary N) is 1. The van der Waals surface area contributed by atoms with Crippen LogP contribution in [0.25, 0.3) is 0 Å². The van der Waals surface area contributed by atoms with Crippen molar-refractivity contribution >= 4 is 28.9 Å². The number of primary amides is 1. The van der Waals surface area contributed by atoms with E-state index in [0.717, 1.165) is 16.9 Å². The molecular formula is C23H23N3O3. The fourth-order valence-corrected chi connectivity index (χ4v) is 2.90. The predicted octanol–water partition coefficient (Wildman–Crippen LogP) is 3.50. The molecule has 6 heteroatoms. The molecule has 0 radical (unpaired) electrons. The first kappa shape index (κ1) is 19.9. The second-order valence-corrected chi connectivity index (χ2v) is 6.54. The average molecular weight is 389 g/mol. The maximum atomic E-state index is 12.4. The normalized spacial score (nSPS) is 10.2. The molecular weight excluding hydrogens is 366 g/mol. The van der Waals surface area contributed by atoms with Crippen LogP contribution in [0, 0.1) is 0 Å². The van der Waals surface area contributed by atoms with E-state index in [-0.39, 0.29) is 18.9 Å². The van der Waals surface area contributed by atoms with Gasteiger partial charge in [-0.2, -0.15) is 0 Å². The van der Waals surface area contributed by atoms with E-state index in [1.807, 2.05) is 66.5 Å². The summed E-state index contributed by atoms with van der Waals surface area (Å²) in [6, 6.07) is 24.4. The van der Waals surface area contributed by atoms with Crippen molar-refractivity contribution in [3.8, 4) is 5.75 Å². The van der Waals surface area contributed by atoms with Crippen LogP contribution in [0.5, 0.6) is 5.75 Å². The number of hydrogen-bond donors (Lipinski definition) is 2. The quantitative estimate of drug-likeness (QED) is 0.618. The maximum absolute atomic E-state index is 12.4. The van der Waals surface area contributed by atoms with E-state index in [1.54, 1.807) is 24.3 Å². The Morgan fingerprint density at radius 2 is 1.59 bits per heavy atom. The van der Waals surface area contributed by atoms with Crippen LogP contribution >= 0.6 is 0 Å². The summed E-state index contributed by atoms with van der Waals surface area (Å²) in [6.45, 7) is -0.126. The average Bonchev–Trinajstić information content (AvgIpc) is 2.73. The molecule has 0 aromatic heterocycles. The zero-order valence-corrected chi connectivity index (χ0v) is 16.2. The van der Waals surface area contributed by atoms with Gasteiger partial charge in [-0.1, -0.05) is 42.5 Å². The lowest BCUT2D eigenvalue weighted by Gasteiger charge is -2.22. The monoisotopic (exact) mass is 389 g/mol. The van der Waals surface area contributed by atoms with Gasteiger partial charge < -0.3 is 20.7 Å². The van der Waals surface area contributed by atoms with Crippen molar-refractivity contribution in [1.29, 1.82) is 0 Å². The van der Waals surface area contributed by atoms with Crippen LogP contribution in [-0.2, 0) is 16.0 Å². The molecule has 0 saturated heterocycles. The molecule has 0 bridgehead atoms. The summed E-state index contributed by atoms with van der Waals surface area (Å²) in [7, 11) is 1.95. The third kappa shape index (κ3) is 5.59. The van der Waals surface area contributed by atoms with Crippen LogP contribution in [0.3, 0.4) is 0 Å². The standard InChI is InChI=1S/C23H23N3O3/c1-26(18-7-3-2-4-8-18)21-10-6-5-9-20(21)25-23(28)16-29-19-13-11-17(12-14-19)15-22(24)27/h2-14H,15-16H2,1H3,(H2,24,27)(H,25,28). The summed E-state index contributed by atoms with van der Waals surface area (Å²) >= 11 is 0. The minimum Gasteiger partial charge on any atom is -0.484 e. The first-order valence-electron chi connectivity index (χ1n) is 9.20. The number of nitrogens with zero attached hydrogens (tertiary/aromatic N) is 1. The second-order valence-electron chi connectivity index (χ2n) is 6.54. The molecule has 3 aromatic rings. The van der Waals surface area contributed by atoms with Crippen molar-refractivity contribution in [3.05, 3.63) is 84.4 Å². The number of anilines is 3. The Bertz CT molecular complexity index is 972. The van der Waals surface area contributed by atoms with Gasteiger partial charge in [0.2, 0.25) is 5.91 Å². The van der Waals surface area contributed by atoms with Crippen LogP contribution in [0.15, 0.2) is 78.9 Å². The minimum absolute atomic E-state index is 0.126. The van der Waals surface area contributed by atoms with Crippen LogP contribution in [-0.4, -0.2) is 25.5 Å². The van der Waals surface area contributed by atoms with Gasteiger partial charge in [0.05, 0.1) is 17.8 Å². The van der Waals surface area contributed by atoms with E-state index in [0.29, 0.717) is 11.4 Å². The van der Waals surface area contributed by atoms with Crippen molar-refractivity contribution in [2.45, 2.75) is 6.42 Å². The summed E-state index contributed by atoms with van der Waals surface area (Å²) in [5.74, 6) is -0.111. The molecule has 0 heterocycles. The number of amides is 2. The van der Waals surface area contributed by atoms with Gasteiger partial charge in [0.25, 0.3) is 5.91 Å². The fraction of sp³-hybridized carbons (Fsp3) is 0.130. The van der Waals surface area contributed by atoms with Gasteiger partial charge in [0.15, 0.2) is 6.61 Å². The molecule has 0 atom stereocenters. The second kappa shape index (κ2) is 9.41. The highest BCUT2D eigenvalue weighted by atomic mass is 16.5. The Kier molecular flexibility index (Phi) is 6.47. The van der Waals surface area contributed by atoms with Crippen molar-refractivity contribution in [3.63, 3.8) is 0 Å². The number of benzene rings is 3. The van der Waals surface area contributed by atoms with Crippen LogP contribution < -0.4 is 20.7 Å². The molecule has 29 heavy (non-hydrogen) atoms. The zero-order valence-electron chi connectivity index (χ0n) is 16.2. The Hall–Kier alpha value is -3.80. The first-order valence-corrected chi connectivity index (χ1v) is 9.20. The Balaban J connectivity index is 1.62. The number of nitrogens with one attached hydrogen (secondary N) is 1. The highest BCUT2D eigenvalue weighted by molar-refractivity contribution is 5.96. The lowest BCUT2D eigenvalue weighted by molar-refractivity contribution is -0.118. The van der Waals surface area contributed by atoms with Crippen LogP contribution in [0.2, 0.25) is 0 Å². The van der Waals surface area contributed by atoms with Gasteiger partial charge in [-0.05, 0) is 42.0 Å². The summed E-state index contributed by atoms with van der Waals surface area (Å²) in [5.41, 5.74) is 8.57. The predicted molar refractivity (Wildman–Crippen MR) is 114 cm³/mol. The van der Waals surface area contributed by atoms with E-state index in [9.17, 15) is 9.59 Å². The van der Waals surface area contributed by atoms with Crippen molar-refractivity contribution in [1.82, 2.24) is 0 Å². The molecule has 6 nitrogen and oxygen atoms in total. The third-order valence-electron chi connectivity index (χ3n) is 4.35. The molecule has 0 saturated carbocycles. The van der Waals surface area contributed by atoms with Gasteiger partial charge in [0.1, 0.15) is 5.75 Å². The minimum atomic E-state index is -0.391. The largest absolute Gasteiger partial charge is 0.484 e. The van der Waals surface area contributed by atoms with Gasteiger partial charge in [-0.3, -0.25) is 9.59 Å². The van der Waals surface area contributed by atoms with Crippen molar-refractivity contribution < 1.29 is 14.3 Å². The van der Waals surface area contributed by atoms with Gasteiger partial charge >= 0.3 is 0 Å². The third-order valence-corrected chi connectivity index (χ3v) is 4.35. The number of para-hydroxylation sites is 3. The van der Waals surface area contributed by atoms with E-state index >= 15 is 0 Å². The van der Waals surface area contributed by atoms with Gasteiger partial charge in [-0.15, -0.1) is 0 Å². The van der Waals surface area contributed by atoms with E-state index < -0.39 is 5.91 Å². The highest BCUT2D eigenvalue weighted by Crippen LogP contribution is 2.30. The molecule has 0 aliphatic rings. The molecule has 3 rings (SSSR count). The molecule has 0 spiro atoms. The van der Waals surface area contributed by atoms with Crippen molar-refractivity contribution in [2.75, 3.05) is 23.9 Å². The van der Waals surface area contributed by atoms with E-state index in [1.165, 1.54) is 0 Å². The Labute approximate surface area is 169 Å². The maximum Gasteiger partial charge on any atom is 0.262 e. The molecule has 0 fully saturated rings. The Morgan fingerprint density at radius 1 is 0.931 bits per heavy atom. The lowest BCUT2D eigenvalue weighted by Crippen LogP contribution is -2.22. The molecule has 2 amide bonds. The molecule has 0 aliphatic carbocycles. The van der Waals surface area contributed by atoms with Gasteiger partial charge in [-0.25, -0.2) is 0 Å². The number of carbonyl (C=O) groups excluding carboxylic acids is 2. The summed E-state index contributed by atoms with van der Waals surface area (Å²) < 4.78 is 5.54. The van der Waals surface area contributed by atoms with E-state index in [2.05, 4.69) is 5.32 Å². The number of rotatable bonds is 8. The molecule has 148 valence electrons. The van der Waals surface area contributed by atoms with Crippen molar-refractivity contribution in [2.24, 2.45) is 5.73 Å².